The zero-order valence-electron chi connectivity index (χ0n) is 5.82. The largest absolute Gasteiger partial charge is 0.162 e. The maximum absolute atomic E-state index is 3.55. The summed E-state index contributed by atoms with van der Waals surface area (Å²) in [5.41, 5.74) is 0.723. The topological polar surface area (TPSA) is 0 Å². The van der Waals surface area contributed by atoms with Gasteiger partial charge in [0.1, 0.15) is 0 Å². The van der Waals surface area contributed by atoms with E-state index in [4.69, 9.17) is 0 Å². The van der Waals surface area contributed by atoms with Crippen LogP contribution in [0.15, 0.2) is 0 Å². The molecule has 0 atom stereocenters. The van der Waals surface area contributed by atoms with E-state index in [1.165, 1.54) is 29.7 Å². The summed E-state index contributed by atoms with van der Waals surface area (Å²) < 4.78 is 0. The van der Waals surface area contributed by atoms with Gasteiger partial charge in [-0.1, -0.05) is 22.9 Å². The van der Waals surface area contributed by atoms with Crippen molar-refractivity contribution in [2.45, 2.75) is 19.8 Å². The first kappa shape index (κ1) is 7.93. The summed E-state index contributed by atoms with van der Waals surface area (Å²) in [6.45, 7) is 2.23. The Hall–Kier alpha value is 0.830. The highest BCUT2D eigenvalue weighted by atomic mass is 79.9. The third-order valence-electron chi connectivity index (χ3n) is 1.85. The summed E-state index contributed by atoms with van der Waals surface area (Å²) >= 11 is 5.62. The molecule has 0 bridgehead atoms. The summed E-state index contributed by atoms with van der Waals surface area (Å²) in [5, 5.41) is 1.22. The fraction of sp³-hybridized carbons (Fsp3) is 1.00. The van der Waals surface area contributed by atoms with Crippen LogP contribution in [0.3, 0.4) is 0 Å². The lowest BCUT2D eigenvalue weighted by atomic mass is 10.2. The number of hydrogen-bond donors (Lipinski definition) is 0. The zero-order chi connectivity index (χ0) is 6.74. The first-order chi connectivity index (χ1) is 4.33. The third-order valence-corrected chi connectivity index (χ3v) is 4.27. The lowest BCUT2D eigenvalue weighted by molar-refractivity contribution is 0.686. The van der Waals surface area contributed by atoms with E-state index in [1.807, 2.05) is 0 Å². The molecule has 1 aliphatic rings. The monoisotopic (exact) mass is 208 g/mol. The first-order valence-corrected chi connectivity index (χ1v) is 5.74. The van der Waals surface area contributed by atoms with E-state index < -0.39 is 0 Å². The van der Waals surface area contributed by atoms with Gasteiger partial charge in [-0.05, 0) is 29.8 Å². The van der Waals surface area contributed by atoms with Gasteiger partial charge in [0.05, 0.1) is 0 Å². The molecule has 0 saturated heterocycles. The molecule has 9 heavy (non-hydrogen) atoms. The van der Waals surface area contributed by atoms with Crippen molar-refractivity contribution in [1.82, 2.24) is 0 Å². The Morgan fingerprint density at radius 1 is 1.56 bits per heavy atom. The highest BCUT2D eigenvalue weighted by Crippen LogP contribution is 2.49. The molecular weight excluding hydrogens is 196 g/mol. The summed E-state index contributed by atoms with van der Waals surface area (Å²) in [6, 6.07) is 0. The van der Waals surface area contributed by atoms with Crippen molar-refractivity contribution in [1.29, 1.82) is 0 Å². The molecule has 0 aromatic rings. The van der Waals surface area contributed by atoms with Crippen molar-refractivity contribution in [3.8, 4) is 0 Å². The SMILES string of the molecule is CCSCC1(CBr)CC1. The van der Waals surface area contributed by atoms with Crippen molar-refractivity contribution in [3.63, 3.8) is 0 Å². The molecule has 0 nitrogen and oxygen atoms in total. The lowest BCUT2D eigenvalue weighted by Crippen LogP contribution is -2.04. The number of hydrogen-bond acceptors (Lipinski definition) is 1. The summed E-state index contributed by atoms with van der Waals surface area (Å²) in [6.07, 6.45) is 2.90. The molecule has 1 saturated carbocycles. The minimum Gasteiger partial charge on any atom is -0.162 e. The molecule has 54 valence electrons. The van der Waals surface area contributed by atoms with Gasteiger partial charge in [0, 0.05) is 5.33 Å². The second-order valence-electron chi connectivity index (χ2n) is 2.77. The Morgan fingerprint density at radius 2 is 2.22 bits per heavy atom. The van der Waals surface area contributed by atoms with E-state index in [1.54, 1.807) is 0 Å². The quantitative estimate of drug-likeness (QED) is 0.641. The minimum atomic E-state index is 0.723. The molecule has 0 aromatic carbocycles. The molecule has 0 spiro atoms. The molecule has 2 heteroatoms. The third kappa shape index (κ3) is 2.15. The van der Waals surface area contributed by atoms with E-state index >= 15 is 0 Å². The number of halogens is 1. The van der Waals surface area contributed by atoms with Crippen molar-refractivity contribution < 1.29 is 0 Å². The Morgan fingerprint density at radius 3 is 2.56 bits per heavy atom. The second kappa shape index (κ2) is 3.29. The molecule has 0 unspecified atom stereocenters. The van der Waals surface area contributed by atoms with Gasteiger partial charge in [-0.25, -0.2) is 0 Å². The standard InChI is InChI=1S/C7H13BrS/c1-2-9-6-7(5-8)3-4-7/h2-6H2,1H3. The van der Waals surface area contributed by atoms with Crippen molar-refractivity contribution in [2.24, 2.45) is 5.41 Å². The predicted octanol–water partition coefficient (Wildman–Crippen LogP) is 2.91. The molecule has 0 N–H and O–H groups in total. The van der Waals surface area contributed by atoms with Gasteiger partial charge >= 0.3 is 0 Å². The molecule has 0 amide bonds. The van der Waals surface area contributed by atoms with Crippen LogP contribution in [0, 0.1) is 5.41 Å². The van der Waals surface area contributed by atoms with Crippen LogP contribution in [0.25, 0.3) is 0 Å². The highest BCUT2D eigenvalue weighted by molar-refractivity contribution is 9.09. The minimum absolute atomic E-state index is 0.723. The van der Waals surface area contributed by atoms with Crippen LogP contribution in [-0.4, -0.2) is 16.8 Å². The predicted molar refractivity (Wildman–Crippen MR) is 48.5 cm³/mol. The molecule has 0 heterocycles. The molecule has 0 radical (unpaired) electrons. The highest BCUT2D eigenvalue weighted by Gasteiger charge is 2.40. The van der Waals surface area contributed by atoms with Crippen LogP contribution in [0.5, 0.6) is 0 Å². The Balaban J connectivity index is 2.10. The number of rotatable bonds is 4. The average Bonchev–Trinajstić information content (AvgIpc) is 2.65. The van der Waals surface area contributed by atoms with E-state index in [2.05, 4.69) is 34.6 Å². The molecule has 1 fully saturated rings. The summed E-state index contributed by atoms with van der Waals surface area (Å²) in [7, 11) is 0. The molecule has 0 aromatic heterocycles. The lowest BCUT2D eigenvalue weighted by Gasteiger charge is -2.08. The van der Waals surface area contributed by atoms with Crippen LogP contribution in [0.2, 0.25) is 0 Å². The summed E-state index contributed by atoms with van der Waals surface area (Å²) in [4.78, 5) is 0. The van der Waals surface area contributed by atoms with Gasteiger partial charge < -0.3 is 0 Å². The molecule has 1 rings (SSSR count). The van der Waals surface area contributed by atoms with Crippen molar-refractivity contribution in [3.05, 3.63) is 0 Å². The van der Waals surface area contributed by atoms with Crippen LogP contribution in [0.1, 0.15) is 19.8 Å². The molecular formula is C7H13BrS. The second-order valence-corrected chi connectivity index (χ2v) is 4.61. The average molecular weight is 209 g/mol. The maximum atomic E-state index is 3.55. The van der Waals surface area contributed by atoms with Crippen molar-refractivity contribution in [2.75, 3.05) is 16.8 Å². The van der Waals surface area contributed by atoms with Crippen LogP contribution >= 0.6 is 27.7 Å². The van der Waals surface area contributed by atoms with E-state index in [9.17, 15) is 0 Å². The smallest absolute Gasteiger partial charge is 0.00958 e. The Bertz CT molecular complexity index is 88.9. The number of thioether (sulfide) groups is 1. The van der Waals surface area contributed by atoms with Gasteiger partial charge in [0.2, 0.25) is 0 Å². The van der Waals surface area contributed by atoms with E-state index in [-0.39, 0.29) is 0 Å². The maximum Gasteiger partial charge on any atom is 0.00958 e. The van der Waals surface area contributed by atoms with E-state index in [0.29, 0.717) is 0 Å². The summed E-state index contributed by atoms with van der Waals surface area (Å²) in [5.74, 6) is 2.64. The van der Waals surface area contributed by atoms with Gasteiger partial charge in [0.15, 0.2) is 0 Å². The van der Waals surface area contributed by atoms with Gasteiger partial charge in [-0.2, -0.15) is 11.8 Å². The number of alkyl halides is 1. The van der Waals surface area contributed by atoms with Crippen LogP contribution in [-0.2, 0) is 0 Å². The van der Waals surface area contributed by atoms with E-state index in [0.717, 1.165) is 5.41 Å². The normalized spacial score (nSPS) is 22.0. The molecule has 0 aliphatic heterocycles. The molecule has 1 aliphatic carbocycles. The Kier molecular flexibility index (Phi) is 2.90. The Labute approximate surface area is 69.9 Å². The fourth-order valence-corrected chi connectivity index (χ4v) is 2.86. The van der Waals surface area contributed by atoms with Crippen molar-refractivity contribution >= 4 is 27.7 Å². The van der Waals surface area contributed by atoms with Crippen LogP contribution < -0.4 is 0 Å². The zero-order valence-corrected chi connectivity index (χ0v) is 8.22. The first-order valence-electron chi connectivity index (χ1n) is 3.47. The van der Waals surface area contributed by atoms with Gasteiger partial charge in [-0.3, -0.25) is 0 Å². The van der Waals surface area contributed by atoms with Gasteiger partial charge in [0.25, 0.3) is 0 Å². The fourth-order valence-electron chi connectivity index (χ4n) is 0.812. The van der Waals surface area contributed by atoms with Crippen LogP contribution in [0.4, 0.5) is 0 Å². The van der Waals surface area contributed by atoms with Gasteiger partial charge in [-0.15, -0.1) is 0 Å².